The summed E-state index contributed by atoms with van der Waals surface area (Å²) in [6.45, 7) is 2.53. The van der Waals surface area contributed by atoms with Crippen molar-refractivity contribution in [3.8, 4) is 0 Å². The third-order valence-electron chi connectivity index (χ3n) is 2.45. The molecular weight excluding hydrogens is 282 g/mol. The van der Waals surface area contributed by atoms with Crippen molar-refractivity contribution in [3.63, 3.8) is 0 Å². The zero-order chi connectivity index (χ0) is 13.9. The molecule has 2 N–H and O–H groups in total. The van der Waals surface area contributed by atoms with Crippen LogP contribution >= 0.6 is 11.3 Å². The second-order valence-electron chi connectivity index (χ2n) is 4.18. The Hall–Kier alpha value is -1.60. The number of aryl methyl sites for hydroxylation is 1. The highest BCUT2D eigenvalue weighted by Crippen LogP contribution is 2.21. The number of anilines is 2. The maximum atomic E-state index is 11.2. The number of benzene rings is 1. The van der Waals surface area contributed by atoms with E-state index in [2.05, 4.69) is 15.0 Å². The molecule has 19 heavy (non-hydrogen) atoms. The highest BCUT2D eigenvalue weighted by molar-refractivity contribution is 7.92. The molecule has 0 aliphatic rings. The van der Waals surface area contributed by atoms with Gasteiger partial charge in [-0.25, -0.2) is 13.4 Å². The minimum absolute atomic E-state index is 0.599. The number of rotatable bonds is 5. The van der Waals surface area contributed by atoms with Gasteiger partial charge in [0.25, 0.3) is 0 Å². The molecule has 2 rings (SSSR count). The van der Waals surface area contributed by atoms with Gasteiger partial charge in [0.2, 0.25) is 10.0 Å². The number of hydrogen-bond donors (Lipinski definition) is 2. The zero-order valence-electron chi connectivity index (χ0n) is 10.7. The molecule has 0 bridgehead atoms. The molecule has 7 heteroatoms. The van der Waals surface area contributed by atoms with Gasteiger partial charge in [-0.3, -0.25) is 4.72 Å². The van der Waals surface area contributed by atoms with Crippen LogP contribution in [-0.2, 0) is 16.6 Å². The molecule has 0 spiro atoms. The van der Waals surface area contributed by atoms with Crippen LogP contribution in [0.4, 0.5) is 11.4 Å². The Kier molecular flexibility index (Phi) is 4.06. The van der Waals surface area contributed by atoms with Gasteiger partial charge in [0.05, 0.1) is 18.5 Å². The second kappa shape index (κ2) is 5.58. The molecule has 0 saturated heterocycles. The van der Waals surface area contributed by atoms with E-state index in [1.54, 1.807) is 23.6 Å². The molecule has 0 atom stereocenters. The van der Waals surface area contributed by atoms with Crippen LogP contribution in [0.2, 0.25) is 0 Å². The summed E-state index contributed by atoms with van der Waals surface area (Å²) in [5.74, 6) is 0. The Bertz CT molecular complexity index is 652. The van der Waals surface area contributed by atoms with E-state index in [0.717, 1.165) is 22.5 Å². The summed E-state index contributed by atoms with van der Waals surface area (Å²) in [6, 6.07) is 5.50. The van der Waals surface area contributed by atoms with Crippen LogP contribution in [0.15, 0.2) is 29.8 Å². The van der Waals surface area contributed by atoms with E-state index < -0.39 is 10.0 Å². The van der Waals surface area contributed by atoms with Crippen LogP contribution in [0.1, 0.15) is 10.6 Å². The van der Waals surface area contributed by atoms with Crippen LogP contribution in [0, 0.1) is 6.92 Å². The largest absolute Gasteiger partial charge is 0.379 e. The van der Waals surface area contributed by atoms with E-state index in [1.807, 2.05) is 24.4 Å². The quantitative estimate of drug-likeness (QED) is 0.889. The Morgan fingerprint density at radius 1 is 1.37 bits per heavy atom. The average Bonchev–Trinajstić information content (AvgIpc) is 2.81. The predicted octanol–water partition coefficient (Wildman–Crippen LogP) is 2.44. The molecule has 0 aliphatic heterocycles. The summed E-state index contributed by atoms with van der Waals surface area (Å²) in [7, 11) is -3.24. The number of hydrogen-bond acceptors (Lipinski definition) is 5. The Labute approximate surface area is 116 Å². The first kappa shape index (κ1) is 13.8. The summed E-state index contributed by atoms with van der Waals surface area (Å²) in [6.07, 6.45) is 2.91. The highest BCUT2D eigenvalue weighted by Gasteiger charge is 2.05. The summed E-state index contributed by atoms with van der Waals surface area (Å²) >= 11 is 1.59. The van der Waals surface area contributed by atoms with Gasteiger partial charge in [0.1, 0.15) is 5.01 Å². The Morgan fingerprint density at radius 3 is 2.74 bits per heavy atom. The van der Waals surface area contributed by atoms with Crippen molar-refractivity contribution in [2.45, 2.75) is 13.5 Å². The van der Waals surface area contributed by atoms with Crippen LogP contribution in [-0.4, -0.2) is 19.7 Å². The van der Waals surface area contributed by atoms with Gasteiger partial charge in [-0.1, -0.05) is 0 Å². The number of nitrogens with one attached hydrogen (secondary N) is 2. The second-order valence-corrected chi connectivity index (χ2v) is 6.91. The smallest absolute Gasteiger partial charge is 0.229 e. The maximum absolute atomic E-state index is 11.2. The van der Waals surface area contributed by atoms with Crippen LogP contribution in [0.3, 0.4) is 0 Å². The van der Waals surface area contributed by atoms with Crippen LogP contribution < -0.4 is 10.0 Å². The molecule has 1 aromatic heterocycles. The van der Waals surface area contributed by atoms with Crippen LogP contribution in [0.25, 0.3) is 0 Å². The number of nitrogens with zero attached hydrogens (tertiary/aromatic N) is 1. The number of sulfonamides is 1. The van der Waals surface area contributed by atoms with Crippen molar-refractivity contribution >= 4 is 32.7 Å². The molecule has 0 saturated carbocycles. The van der Waals surface area contributed by atoms with E-state index >= 15 is 0 Å². The lowest BCUT2D eigenvalue weighted by atomic mass is 10.2. The van der Waals surface area contributed by atoms with Crippen molar-refractivity contribution in [2.75, 3.05) is 16.3 Å². The van der Waals surface area contributed by atoms with Gasteiger partial charge in [-0.15, -0.1) is 11.3 Å². The third-order valence-corrected chi connectivity index (χ3v) is 3.82. The summed E-state index contributed by atoms with van der Waals surface area (Å²) < 4.78 is 24.9. The Balaban J connectivity index is 2.06. The van der Waals surface area contributed by atoms with E-state index in [4.69, 9.17) is 0 Å². The normalized spacial score (nSPS) is 11.3. The minimum Gasteiger partial charge on any atom is -0.379 e. The first-order valence-electron chi connectivity index (χ1n) is 5.65. The van der Waals surface area contributed by atoms with Gasteiger partial charge in [-0.05, 0) is 30.7 Å². The lowest BCUT2D eigenvalue weighted by molar-refractivity contribution is 0.607. The summed E-state index contributed by atoms with van der Waals surface area (Å²) in [5, 5.41) is 6.19. The van der Waals surface area contributed by atoms with Gasteiger partial charge >= 0.3 is 0 Å². The molecule has 0 aliphatic carbocycles. The van der Waals surface area contributed by atoms with Gasteiger partial charge < -0.3 is 5.32 Å². The van der Waals surface area contributed by atoms with E-state index in [9.17, 15) is 8.42 Å². The van der Waals surface area contributed by atoms with Crippen molar-refractivity contribution in [3.05, 3.63) is 40.3 Å². The summed E-state index contributed by atoms with van der Waals surface area (Å²) in [5.41, 5.74) is 2.41. The lowest BCUT2D eigenvalue weighted by Crippen LogP contribution is -2.10. The van der Waals surface area contributed by atoms with Gasteiger partial charge in [0.15, 0.2) is 0 Å². The fourth-order valence-corrected chi connectivity index (χ4v) is 2.79. The van der Waals surface area contributed by atoms with Crippen molar-refractivity contribution in [1.82, 2.24) is 4.98 Å². The Morgan fingerprint density at radius 2 is 2.16 bits per heavy atom. The van der Waals surface area contributed by atoms with Crippen molar-refractivity contribution < 1.29 is 8.42 Å². The molecule has 1 heterocycles. The molecule has 2 aromatic rings. The fourth-order valence-electron chi connectivity index (χ4n) is 1.61. The van der Waals surface area contributed by atoms with Gasteiger partial charge in [-0.2, -0.15) is 0 Å². The standard InChI is InChI=1S/C12H15N3O2S2/c1-9-7-10(14-8-12-13-5-6-18-12)3-4-11(9)15-19(2,16)17/h3-7,14-15H,8H2,1-2H3. The molecule has 102 valence electrons. The first-order valence-corrected chi connectivity index (χ1v) is 8.42. The molecule has 0 fully saturated rings. The monoisotopic (exact) mass is 297 g/mol. The summed E-state index contributed by atoms with van der Waals surface area (Å²) in [4.78, 5) is 4.18. The van der Waals surface area contributed by atoms with Crippen molar-refractivity contribution in [2.24, 2.45) is 0 Å². The molecule has 0 radical (unpaired) electrons. The SMILES string of the molecule is Cc1cc(NCc2nccs2)ccc1NS(C)(=O)=O. The number of thiazole rings is 1. The fraction of sp³-hybridized carbons (Fsp3) is 0.250. The highest BCUT2D eigenvalue weighted by atomic mass is 32.2. The lowest BCUT2D eigenvalue weighted by Gasteiger charge is -2.10. The first-order chi connectivity index (χ1) is 8.94. The predicted molar refractivity (Wildman–Crippen MR) is 79.1 cm³/mol. The maximum Gasteiger partial charge on any atom is 0.229 e. The topological polar surface area (TPSA) is 71.1 Å². The van der Waals surface area contributed by atoms with Crippen LogP contribution in [0.5, 0.6) is 0 Å². The van der Waals surface area contributed by atoms with E-state index in [1.165, 1.54) is 0 Å². The number of aromatic nitrogens is 1. The van der Waals surface area contributed by atoms with Gasteiger partial charge in [0, 0.05) is 17.3 Å². The van der Waals surface area contributed by atoms with E-state index in [-0.39, 0.29) is 0 Å². The molecule has 1 aromatic carbocycles. The third kappa shape index (κ3) is 4.22. The average molecular weight is 297 g/mol. The molecule has 5 nitrogen and oxygen atoms in total. The van der Waals surface area contributed by atoms with Crippen molar-refractivity contribution in [1.29, 1.82) is 0 Å². The zero-order valence-corrected chi connectivity index (χ0v) is 12.3. The van der Waals surface area contributed by atoms with E-state index in [0.29, 0.717) is 12.2 Å². The molecule has 0 amide bonds. The minimum atomic E-state index is -3.24. The molecular formula is C12H15N3O2S2. The molecule has 0 unspecified atom stereocenters.